The van der Waals surface area contributed by atoms with Gasteiger partial charge in [0.05, 0.1) is 6.54 Å². The highest BCUT2D eigenvalue weighted by Gasteiger charge is 2.16. The lowest BCUT2D eigenvalue weighted by molar-refractivity contribution is -0.115. The molecule has 0 radical (unpaired) electrons. The molecule has 112 valence electrons. The van der Waals surface area contributed by atoms with Crippen LogP contribution in [0.3, 0.4) is 0 Å². The van der Waals surface area contributed by atoms with Gasteiger partial charge in [-0.3, -0.25) is 4.79 Å². The molecule has 2 N–H and O–H groups in total. The van der Waals surface area contributed by atoms with Crippen LogP contribution in [0, 0.1) is 13.8 Å². The Morgan fingerprint density at radius 1 is 1.24 bits per heavy atom. The first-order valence-electron chi connectivity index (χ1n) is 6.29. The van der Waals surface area contributed by atoms with Crippen LogP contribution in [0.2, 0.25) is 0 Å². The van der Waals surface area contributed by atoms with Crippen molar-refractivity contribution in [2.75, 3.05) is 11.9 Å². The predicted molar refractivity (Wildman–Crippen MR) is 84.1 cm³/mol. The second-order valence-corrected chi connectivity index (χ2v) is 7.56. The molecule has 0 spiro atoms. The number of amides is 1. The summed E-state index contributed by atoms with van der Waals surface area (Å²) in [5.74, 6) is -0.401. The van der Waals surface area contributed by atoms with Crippen LogP contribution in [0.25, 0.3) is 0 Å². The van der Waals surface area contributed by atoms with Crippen molar-refractivity contribution in [2.24, 2.45) is 0 Å². The molecule has 0 atom stereocenters. The Morgan fingerprint density at radius 3 is 2.62 bits per heavy atom. The molecule has 0 bridgehead atoms. The SMILES string of the molecule is Cc1ccc(NC(=O)CNS(=O)(=O)c2cccs2)c(C)c1. The van der Waals surface area contributed by atoms with Gasteiger partial charge in [-0.1, -0.05) is 23.8 Å². The van der Waals surface area contributed by atoms with Crippen LogP contribution in [-0.2, 0) is 14.8 Å². The third-order valence-corrected chi connectivity index (χ3v) is 5.64. The maximum atomic E-state index is 11.9. The Morgan fingerprint density at radius 2 is 2.00 bits per heavy atom. The van der Waals surface area contributed by atoms with Crippen LogP contribution in [0.4, 0.5) is 5.69 Å². The highest BCUT2D eigenvalue weighted by Crippen LogP contribution is 2.16. The van der Waals surface area contributed by atoms with E-state index in [0.29, 0.717) is 5.69 Å². The Balaban J connectivity index is 1.97. The first kappa shape index (κ1) is 15.7. The van der Waals surface area contributed by atoms with E-state index in [1.54, 1.807) is 17.5 Å². The standard InChI is InChI=1S/C14H16N2O3S2/c1-10-5-6-12(11(2)8-10)16-13(17)9-15-21(18,19)14-4-3-7-20-14/h3-8,15H,9H2,1-2H3,(H,16,17). The molecule has 0 unspecified atom stereocenters. The van der Waals surface area contributed by atoms with E-state index in [0.717, 1.165) is 22.5 Å². The fourth-order valence-corrected chi connectivity index (χ4v) is 3.82. The second-order valence-electron chi connectivity index (χ2n) is 4.62. The molecule has 0 saturated heterocycles. The molecule has 7 heteroatoms. The summed E-state index contributed by atoms with van der Waals surface area (Å²) in [7, 11) is -3.61. The van der Waals surface area contributed by atoms with Gasteiger partial charge < -0.3 is 5.32 Å². The summed E-state index contributed by atoms with van der Waals surface area (Å²) in [5, 5.41) is 4.36. The predicted octanol–water partition coefficient (Wildman–Crippen LogP) is 2.28. The molecule has 2 rings (SSSR count). The van der Waals surface area contributed by atoms with E-state index in [1.165, 1.54) is 6.07 Å². The number of hydrogen-bond donors (Lipinski definition) is 2. The first-order chi connectivity index (χ1) is 9.88. The van der Waals surface area contributed by atoms with Gasteiger partial charge in [0.25, 0.3) is 10.0 Å². The molecular weight excluding hydrogens is 308 g/mol. The number of hydrogen-bond acceptors (Lipinski definition) is 4. The number of benzene rings is 1. The summed E-state index contributed by atoms with van der Waals surface area (Å²) in [6.07, 6.45) is 0. The number of nitrogens with one attached hydrogen (secondary N) is 2. The van der Waals surface area contributed by atoms with Gasteiger partial charge in [-0.25, -0.2) is 13.1 Å². The summed E-state index contributed by atoms with van der Waals surface area (Å²) in [5.41, 5.74) is 2.72. The van der Waals surface area contributed by atoms with Crippen molar-refractivity contribution < 1.29 is 13.2 Å². The van der Waals surface area contributed by atoms with E-state index in [1.807, 2.05) is 26.0 Å². The van der Waals surface area contributed by atoms with Crippen molar-refractivity contribution in [3.63, 3.8) is 0 Å². The van der Waals surface area contributed by atoms with Crippen LogP contribution < -0.4 is 10.0 Å². The van der Waals surface area contributed by atoms with E-state index in [-0.39, 0.29) is 10.8 Å². The van der Waals surface area contributed by atoms with E-state index in [4.69, 9.17) is 0 Å². The highest BCUT2D eigenvalue weighted by atomic mass is 32.2. The summed E-state index contributed by atoms with van der Waals surface area (Å²) >= 11 is 1.11. The zero-order valence-corrected chi connectivity index (χ0v) is 13.3. The van der Waals surface area contributed by atoms with Crippen molar-refractivity contribution >= 4 is 33.0 Å². The average molecular weight is 324 g/mol. The van der Waals surface area contributed by atoms with Gasteiger partial charge in [0.2, 0.25) is 5.91 Å². The van der Waals surface area contributed by atoms with Crippen molar-refractivity contribution in [3.8, 4) is 0 Å². The van der Waals surface area contributed by atoms with Gasteiger partial charge in [0, 0.05) is 5.69 Å². The quantitative estimate of drug-likeness (QED) is 0.886. The molecule has 21 heavy (non-hydrogen) atoms. The largest absolute Gasteiger partial charge is 0.325 e. The third kappa shape index (κ3) is 4.13. The zero-order valence-electron chi connectivity index (χ0n) is 11.7. The van der Waals surface area contributed by atoms with E-state index < -0.39 is 15.9 Å². The van der Waals surface area contributed by atoms with Crippen LogP contribution in [0.15, 0.2) is 39.9 Å². The maximum Gasteiger partial charge on any atom is 0.250 e. The molecule has 1 aromatic carbocycles. The molecule has 1 heterocycles. The van der Waals surface area contributed by atoms with Crippen molar-refractivity contribution in [2.45, 2.75) is 18.1 Å². The third-order valence-electron chi connectivity index (χ3n) is 2.84. The van der Waals surface area contributed by atoms with Gasteiger partial charge in [0.15, 0.2) is 0 Å². The van der Waals surface area contributed by atoms with E-state index >= 15 is 0 Å². The smallest absolute Gasteiger partial charge is 0.250 e. The Hall–Kier alpha value is -1.70. The molecule has 5 nitrogen and oxygen atoms in total. The molecule has 0 aliphatic rings. The molecule has 0 saturated carbocycles. The molecular formula is C14H16N2O3S2. The minimum Gasteiger partial charge on any atom is -0.325 e. The normalized spacial score (nSPS) is 11.3. The van der Waals surface area contributed by atoms with Crippen molar-refractivity contribution in [1.29, 1.82) is 0 Å². The fraction of sp³-hybridized carbons (Fsp3) is 0.214. The lowest BCUT2D eigenvalue weighted by atomic mass is 10.1. The lowest BCUT2D eigenvalue weighted by Gasteiger charge is -2.09. The highest BCUT2D eigenvalue weighted by molar-refractivity contribution is 7.91. The fourth-order valence-electron chi connectivity index (χ4n) is 1.80. The van der Waals surface area contributed by atoms with Crippen LogP contribution in [0.1, 0.15) is 11.1 Å². The Kier molecular flexibility index (Phi) is 4.76. The van der Waals surface area contributed by atoms with Gasteiger partial charge >= 0.3 is 0 Å². The Bertz CT molecular complexity index is 738. The minimum atomic E-state index is -3.61. The number of anilines is 1. The van der Waals surface area contributed by atoms with Crippen LogP contribution in [0.5, 0.6) is 0 Å². The number of thiophene rings is 1. The number of sulfonamides is 1. The maximum absolute atomic E-state index is 11.9. The van der Waals surface area contributed by atoms with Gasteiger partial charge in [-0.05, 0) is 36.9 Å². The second kappa shape index (κ2) is 6.38. The van der Waals surface area contributed by atoms with Crippen LogP contribution >= 0.6 is 11.3 Å². The summed E-state index contributed by atoms with van der Waals surface area (Å²) < 4.78 is 26.2. The topological polar surface area (TPSA) is 75.3 Å². The molecule has 0 aliphatic carbocycles. The number of rotatable bonds is 5. The molecule has 2 aromatic rings. The molecule has 0 aliphatic heterocycles. The number of aryl methyl sites for hydroxylation is 2. The average Bonchev–Trinajstić information content (AvgIpc) is 2.95. The Labute approximate surface area is 128 Å². The summed E-state index contributed by atoms with van der Waals surface area (Å²) in [6.45, 7) is 3.56. The van der Waals surface area contributed by atoms with Gasteiger partial charge in [-0.2, -0.15) is 0 Å². The van der Waals surface area contributed by atoms with Crippen LogP contribution in [-0.4, -0.2) is 20.9 Å². The van der Waals surface area contributed by atoms with Crippen molar-refractivity contribution in [1.82, 2.24) is 4.72 Å². The first-order valence-corrected chi connectivity index (χ1v) is 8.65. The lowest BCUT2D eigenvalue weighted by Crippen LogP contribution is -2.32. The van der Waals surface area contributed by atoms with Crippen molar-refractivity contribution in [3.05, 3.63) is 46.8 Å². The summed E-state index contributed by atoms with van der Waals surface area (Å²) in [6, 6.07) is 8.78. The van der Waals surface area contributed by atoms with E-state index in [2.05, 4.69) is 10.0 Å². The molecule has 1 amide bonds. The number of carbonyl (C=O) groups is 1. The monoisotopic (exact) mass is 324 g/mol. The molecule has 1 aromatic heterocycles. The van der Waals surface area contributed by atoms with E-state index in [9.17, 15) is 13.2 Å². The van der Waals surface area contributed by atoms with Gasteiger partial charge in [-0.15, -0.1) is 11.3 Å². The summed E-state index contributed by atoms with van der Waals surface area (Å²) in [4.78, 5) is 11.8. The zero-order chi connectivity index (χ0) is 15.5. The minimum absolute atomic E-state index is 0.196. The molecule has 0 fully saturated rings. The van der Waals surface area contributed by atoms with Gasteiger partial charge in [0.1, 0.15) is 4.21 Å². The number of carbonyl (C=O) groups excluding carboxylic acids is 1.